The van der Waals surface area contributed by atoms with Crippen molar-refractivity contribution < 1.29 is 0 Å². The van der Waals surface area contributed by atoms with Gasteiger partial charge < -0.3 is 4.57 Å². The van der Waals surface area contributed by atoms with E-state index in [0.717, 1.165) is 41.6 Å². The molecule has 0 N–H and O–H groups in total. The first-order valence-corrected chi connectivity index (χ1v) is 6.75. The van der Waals surface area contributed by atoms with Gasteiger partial charge in [-0.25, -0.2) is 4.98 Å². The van der Waals surface area contributed by atoms with Crippen molar-refractivity contribution >= 4 is 22.8 Å². The largest absolute Gasteiger partial charge is 0.312 e. The molecule has 2 aromatic rings. The lowest BCUT2D eigenvalue weighted by Gasteiger charge is -2.06. The first kappa shape index (κ1) is 11.1. The monoisotopic (exact) mass is 252 g/mol. The van der Waals surface area contributed by atoms with Crippen LogP contribution in [0.5, 0.6) is 0 Å². The maximum Gasteiger partial charge on any atom is 0.158 e. The van der Waals surface area contributed by atoms with Gasteiger partial charge in [-0.1, -0.05) is 6.92 Å². The van der Waals surface area contributed by atoms with Crippen molar-refractivity contribution in [1.29, 1.82) is 0 Å². The number of aromatic nitrogens is 4. The van der Waals surface area contributed by atoms with Crippen LogP contribution in [0.4, 0.5) is 0 Å². The van der Waals surface area contributed by atoms with E-state index in [1.165, 1.54) is 12.8 Å². The summed E-state index contributed by atoms with van der Waals surface area (Å²) in [6.45, 7) is 3.16. The van der Waals surface area contributed by atoms with Crippen LogP contribution in [0.25, 0.3) is 11.2 Å². The molecule has 0 saturated heterocycles. The van der Waals surface area contributed by atoms with Gasteiger partial charge in [-0.2, -0.15) is 5.10 Å². The molecule has 0 bridgehead atoms. The molecule has 0 radical (unpaired) electrons. The predicted molar refractivity (Wildman–Crippen MR) is 68.2 cm³/mol. The van der Waals surface area contributed by atoms with Gasteiger partial charge in [-0.3, -0.25) is 4.68 Å². The van der Waals surface area contributed by atoms with E-state index >= 15 is 0 Å². The van der Waals surface area contributed by atoms with Crippen LogP contribution >= 0.6 is 11.6 Å². The number of hydrogen-bond acceptors (Lipinski definition) is 2. The van der Waals surface area contributed by atoms with Crippen molar-refractivity contribution in [3.05, 3.63) is 11.5 Å². The van der Waals surface area contributed by atoms with Crippen LogP contribution < -0.4 is 0 Å². The third-order valence-electron chi connectivity index (χ3n) is 3.46. The molecule has 17 heavy (non-hydrogen) atoms. The van der Waals surface area contributed by atoms with E-state index in [1.54, 1.807) is 0 Å². The first-order chi connectivity index (χ1) is 8.24. The quantitative estimate of drug-likeness (QED) is 0.784. The molecule has 2 aromatic heterocycles. The van der Waals surface area contributed by atoms with E-state index in [2.05, 4.69) is 21.6 Å². The molecule has 0 atom stereocenters. The summed E-state index contributed by atoms with van der Waals surface area (Å²) in [7, 11) is 1.99. The van der Waals surface area contributed by atoms with Gasteiger partial charge in [0.2, 0.25) is 0 Å². The Hall–Kier alpha value is -1.03. The van der Waals surface area contributed by atoms with Gasteiger partial charge in [0, 0.05) is 13.6 Å². The van der Waals surface area contributed by atoms with Gasteiger partial charge in [0.1, 0.15) is 11.3 Å². The molecule has 1 fully saturated rings. The van der Waals surface area contributed by atoms with Gasteiger partial charge in [0.05, 0.1) is 11.6 Å². The van der Waals surface area contributed by atoms with Gasteiger partial charge in [-0.05, 0) is 25.2 Å². The lowest BCUT2D eigenvalue weighted by atomic mass is 10.3. The molecule has 0 aliphatic heterocycles. The number of alkyl halides is 1. The Balaban J connectivity index is 2.17. The Morgan fingerprint density at radius 2 is 2.18 bits per heavy atom. The molecular weight excluding hydrogens is 236 g/mol. The van der Waals surface area contributed by atoms with E-state index in [1.807, 2.05) is 11.7 Å². The topological polar surface area (TPSA) is 35.6 Å². The van der Waals surface area contributed by atoms with E-state index in [4.69, 9.17) is 11.6 Å². The Labute approximate surface area is 106 Å². The van der Waals surface area contributed by atoms with Crippen LogP contribution in [0.2, 0.25) is 0 Å². The van der Waals surface area contributed by atoms with Crippen molar-refractivity contribution in [2.45, 2.75) is 38.6 Å². The van der Waals surface area contributed by atoms with Crippen LogP contribution in [0.3, 0.4) is 0 Å². The zero-order valence-electron chi connectivity index (χ0n) is 10.3. The maximum atomic E-state index is 6.00. The van der Waals surface area contributed by atoms with Crippen LogP contribution in [-0.2, 0) is 25.9 Å². The van der Waals surface area contributed by atoms with Crippen molar-refractivity contribution in [3.8, 4) is 0 Å². The maximum absolute atomic E-state index is 6.00. The van der Waals surface area contributed by atoms with Crippen LogP contribution in [-0.4, -0.2) is 19.3 Å². The number of nitrogens with zero attached hydrogens (tertiary/aromatic N) is 4. The second kappa shape index (κ2) is 4.02. The lowest BCUT2D eigenvalue weighted by Crippen LogP contribution is -2.07. The van der Waals surface area contributed by atoms with Gasteiger partial charge in [-0.15, -0.1) is 11.6 Å². The van der Waals surface area contributed by atoms with Crippen molar-refractivity contribution in [2.24, 2.45) is 13.0 Å². The molecule has 5 heteroatoms. The van der Waals surface area contributed by atoms with E-state index in [0.29, 0.717) is 5.88 Å². The molecule has 1 aliphatic rings. The summed E-state index contributed by atoms with van der Waals surface area (Å²) in [5.74, 6) is 2.27. The third kappa shape index (κ3) is 1.75. The summed E-state index contributed by atoms with van der Waals surface area (Å²) in [5, 5.41) is 4.52. The van der Waals surface area contributed by atoms with Crippen LogP contribution in [0.15, 0.2) is 0 Å². The second-order valence-corrected chi connectivity index (χ2v) is 5.08. The summed E-state index contributed by atoms with van der Waals surface area (Å²) in [4.78, 5) is 4.65. The average Bonchev–Trinajstić information content (AvgIpc) is 2.98. The standard InChI is InChI=1S/C12H17ClN4/c1-3-9-11-12(16(2)15-9)17(7-8-4-5-8)10(6-13)14-11/h8H,3-7H2,1-2H3. The van der Waals surface area contributed by atoms with Crippen molar-refractivity contribution in [2.75, 3.05) is 0 Å². The second-order valence-electron chi connectivity index (χ2n) is 4.81. The minimum Gasteiger partial charge on any atom is -0.312 e. The number of fused-ring (bicyclic) bond motifs is 1. The summed E-state index contributed by atoms with van der Waals surface area (Å²) in [6, 6.07) is 0. The molecule has 0 amide bonds. The smallest absolute Gasteiger partial charge is 0.158 e. The zero-order valence-corrected chi connectivity index (χ0v) is 11.0. The molecule has 0 aromatic carbocycles. The molecular formula is C12H17ClN4. The zero-order chi connectivity index (χ0) is 12.0. The number of hydrogen-bond donors (Lipinski definition) is 0. The van der Waals surface area contributed by atoms with Crippen molar-refractivity contribution in [3.63, 3.8) is 0 Å². The molecule has 4 nitrogen and oxygen atoms in total. The van der Waals surface area contributed by atoms with E-state index < -0.39 is 0 Å². The number of rotatable bonds is 4. The van der Waals surface area contributed by atoms with Gasteiger partial charge in [0.25, 0.3) is 0 Å². The highest BCUT2D eigenvalue weighted by molar-refractivity contribution is 6.16. The normalized spacial score (nSPS) is 15.9. The first-order valence-electron chi connectivity index (χ1n) is 6.21. The van der Waals surface area contributed by atoms with Gasteiger partial charge in [0.15, 0.2) is 5.65 Å². The molecule has 0 unspecified atom stereocenters. The lowest BCUT2D eigenvalue weighted by molar-refractivity contribution is 0.601. The molecule has 2 heterocycles. The summed E-state index contributed by atoms with van der Waals surface area (Å²) < 4.78 is 4.20. The average molecular weight is 253 g/mol. The fourth-order valence-corrected chi connectivity index (χ4v) is 2.58. The highest BCUT2D eigenvalue weighted by atomic mass is 35.5. The van der Waals surface area contributed by atoms with Gasteiger partial charge >= 0.3 is 0 Å². The fourth-order valence-electron chi connectivity index (χ4n) is 2.38. The molecule has 0 spiro atoms. The highest BCUT2D eigenvalue weighted by Gasteiger charge is 2.26. The number of aryl methyl sites for hydroxylation is 2. The van der Waals surface area contributed by atoms with E-state index in [-0.39, 0.29) is 0 Å². The van der Waals surface area contributed by atoms with Crippen molar-refractivity contribution in [1.82, 2.24) is 19.3 Å². The Morgan fingerprint density at radius 3 is 2.76 bits per heavy atom. The number of halogens is 1. The summed E-state index contributed by atoms with van der Waals surface area (Å²) in [5.41, 5.74) is 3.24. The molecule has 1 aliphatic carbocycles. The molecule has 1 saturated carbocycles. The highest BCUT2D eigenvalue weighted by Crippen LogP contribution is 2.33. The SMILES string of the molecule is CCc1nn(C)c2c1nc(CCl)n2CC1CC1. The predicted octanol–water partition coefficient (Wildman–Crippen LogP) is 2.48. The minimum atomic E-state index is 0.477. The Kier molecular flexibility index (Phi) is 2.62. The Bertz CT molecular complexity index is 550. The Morgan fingerprint density at radius 1 is 1.41 bits per heavy atom. The van der Waals surface area contributed by atoms with Crippen LogP contribution in [0, 0.1) is 5.92 Å². The summed E-state index contributed by atoms with van der Waals surface area (Å²) >= 11 is 6.00. The number of imidazole rings is 1. The fraction of sp³-hybridized carbons (Fsp3) is 0.667. The molecule has 92 valence electrons. The minimum absolute atomic E-state index is 0.477. The van der Waals surface area contributed by atoms with Crippen LogP contribution in [0.1, 0.15) is 31.3 Å². The third-order valence-corrected chi connectivity index (χ3v) is 3.70. The molecule has 3 rings (SSSR count). The van der Waals surface area contributed by atoms with E-state index in [9.17, 15) is 0 Å². The summed E-state index contributed by atoms with van der Waals surface area (Å²) in [6.07, 6.45) is 3.58.